The highest BCUT2D eigenvalue weighted by atomic mass is 16.3. The van der Waals surface area contributed by atoms with E-state index in [4.69, 9.17) is 0 Å². The van der Waals surface area contributed by atoms with E-state index in [0.29, 0.717) is 12.0 Å². The Hall–Kier alpha value is -0.400. The van der Waals surface area contributed by atoms with E-state index in [0.717, 1.165) is 6.42 Å². The molecule has 1 rings (SSSR count). The van der Waals surface area contributed by atoms with Crippen molar-refractivity contribution in [2.24, 2.45) is 10.6 Å². The van der Waals surface area contributed by atoms with Crippen LogP contribution < -0.4 is 0 Å². The van der Waals surface area contributed by atoms with Gasteiger partial charge in [-0.05, 0) is 24.7 Å². The summed E-state index contributed by atoms with van der Waals surface area (Å²) < 4.78 is 0. The van der Waals surface area contributed by atoms with Crippen LogP contribution in [0.25, 0.3) is 0 Å². The lowest BCUT2D eigenvalue weighted by Gasteiger charge is -2.30. The lowest BCUT2D eigenvalue weighted by molar-refractivity contribution is 0.223. The van der Waals surface area contributed by atoms with Gasteiger partial charge >= 0.3 is 0 Å². The molecular weight excluding hydrogens is 162 g/mol. The molecule has 0 spiro atoms. The second-order valence-corrected chi connectivity index (χ2v) is 4.68. The SMILES string of the molecule is CC1(CCN=O)CCCCCCC1. The van der Waals surface area contributed by atoms with Gasteiger partial charge in [-0.1, -0.05) is 44.2 Å². The molecule has 0 amide bonds. The zero-order valence-corrected chi connectivity index (χ0v) is 8.72. The van der Waals surface area contributed by atoms with Crippen LogP contribution in [0.2, 0.25) is 0 Å². The van der Waals surface area contributed by atoms with Gasteiger partial charge in [0.15, 0.2) is 0 Å². The van der Waals surface area contributed by atoms with Gasteiger partial charge in [-0.25, -0.2) is 0 Å². The molecule has 0 atom stereocenters. The number of nitrogens with zero attached hydrogens (tertiary/aromatic N) is 1. The minimum atomic E-state index is 0.411. The van der Waals surface area contributed by atoms with Gasteiger partial charge in [0.25, 0.3) is 0 Å². The highest BCUT2D eigenvalue weighted by molar-refractivity contribution is 4.76. The Morgan fingerprint density at radius 1 is 1.08 bits per heavy atom. The molecule has 1 aliphatic rings. The average molecular weight is 183 g/mol. The van der Waals surface area contributed by atoms with Crippen molar-refractivity contribution in [1.29, 1.82) is 0 Å². The maximum absolute atomic E-state index is 10.1. The second kappa shape index (κ2) is 5.36. The molecule has 2 nitrogen and oxygen atoms in total. The summed E-state index contributed by atoms with van der Waals surface area (Å²) in [5.74, 6) is 0. The molecule has 0 saturated heterocycles. The van der Waals surface area contributed by atoms with E-state index < -0.39 is 0 Å². The van der Waals surface area contributed by atoms with Crippen molar-refractivity contribution in [2.75, 3.05) is 6.54 Å². The van der Waals surface area contributed by atoms with E-state index in [2.05, 4.69) is 12.1 Å². The van der Waals surface area contributed by atoms with Gasteiger partial charge in [0.05, 0.1) is 6.54 Å². The lowest BCUT2D eigenvalue weighted by Crippen LogP contribution is -2.19. The largest absolute Gasteiger partial charge is 0.151 e. The molecular formula is C11H21NO. The molecule has 0 aromatic rings. The molecule has 0 aliphatic heterocycles. The van der Waals surface area contributed by atoms with Crippen LogP contribution in [0.3, 0.4) is 0 Å². The maximum Gasteiger partial charge on any atom is 0.0816 e. The first-order chi connectivity index (χ1) is 6.27. The van der Waals surface area contributed by atoms with E-state index in [1.807, 2.05) is 0 Å². The van der Waals surface area contributed by atoms with Crippen LogP contribution in [0.15, 0.2) is 5.18 Å². The molecule has 0 N–H and O–H groups in total. The van der Waals surface area contributed by atoms with Gasteiger partial charge in [0.1, 0.15) is 0 Å². The molecule has 0 radical (unpaired) electrons. The van der Waals surface area contributed by atoms with Gasteiger partial charge in [0.2, 0.25) is 0 Å². The standard InChI is InChI=1S/C11H21NO/c1-11(9-10-12-13)7-5-3-2-4-6-8-11/h2-10H2,1H3. The third-order valence-corrected chi connectivity index (χ3v) is 3.37. The maximum atomic E-state index is 10.1. The second-order valence-electron chi connectivity index (χ2n) is 4.68. The number of rotatable bonds is 3. The Morgan fingerprint density at radius 3 is 2.15 bits per heavy atom. The van der Waals surface area contributed by atoms with Crippen LogP contribution in [0.5, 0.6) is 0 Å². The Balaban J connectivity index is 2.36. The summed E-state index contributed by atoms with van der Waals surface area (Å²) in [5, 5.41) is 2.98. The predicted octanol–water partition coefficient (Wildman–Crippen LogP) is 3.89. The Morgan fingerprint density at radius 2 is 1.62 bits per heavy atom. The van der Waals surface area contributed by atoms with Gasteiger partial charge in [0, 0.05) is 0 Å². The van der Waals surface area contributed by atoms with Crippen molar-refractivity contribution in [3.8, 4) is 0 Å². The molecule has 0 heterocycles. The Bertz CT molecular complexity index is 148. The number of hydrogen-bond acceptors (Lipinski definition) is 2. The van der Waals surface area contributed by atoms with Crippen molar-refractivity contribution < 1.29 is 0 Å². The zero-order valence-electron chi connectivity index (χ0n) is 8.72. The topological polar surface area (TPSA) is 29.4 Å². The van der Waals surface area contributed by atoms with Crippen LogP contribution in [0, 0.1) is 10.3 Å². The van der Waals surface area contributed by atoms with Gasteiger partial charge < -0.3 is 0 Å². The monoisotopic (exact) mass is 183 g/mol. The van der Waals surface area contributed by atoms with E-state index >= 15 is 0 Å². The van der Waals surface area contributed by atoms with Gasteiger partial charge in [-0.3, -0.25) is 0 Å². The molecule has 1 aliphatic carbocycles. The summed E-state index contributed by atoms with van der Waals surface area (Å²) in [6.45, 7) is 2.83. The quantitative estimate of drug-likeness (QED) is 0.610. The van der Waals surface area contributed by atoms with Crippen molar-refractivity contribution in [2.45, 2.75) is 58.3 Å². The van der Waals surface area contributed by atoms with E-state index in [1.165, 1.54) is 44.9 Å². The minimum absolute atomic E-state index is 0.411. The van der Waals surface area contributed by atoms with E-state index in [1.54, 1.807) is 0 Å². The first-order valence-corrected chi connectivity index (χ1v) is 5.56. The average Bonchev–Trinajstić information content (AvgIpc) is 2.09. The first-order valence-electron chi connectivity index (χ1n) is 5.56. The van der Waals surface area contributed by atoms with Crippen molar-refractivity contribution >= 4 is 0 Å². The normalized spacial score (nSPS) is 23.2. The van der Waals surface area contributed by atoms with Crippen molar-refractivity contribution in [3.05, 3.63) is 4.91 Å². The predicted molar refractivity (Wildman–Crippen MR) is 55.7 cm³/mol. The molecule has 13 heavy (non-hydrogen) atoms. The molecule has 1 fully saturated rings. The third kappa shape index (κ3) is 3.88. The Labute approximate surface area is 81.1 Å². The molecule has 2 heteroatoms. The van der Waals surface area contributed by atoms with Gasteiger partial charge in [-0.2, -0.15) is 4.91 Å². The Kier molecular flexibility index (Phi) is 4.40. The fourth-order valence-electron chi connectivity index (χ4n) is 2.32. The summed E-state index contributed by atoms with van der Waals surface area (Å²) in [6.07, 6.45) is 10.4. The summed E-state index contributed by atoms with van der Waals surface area (Å²) in [5.41, 5.74) is 0.411. The lowest BCUT2D eigenvalue weighted by atomic mass is 9.75. The van der Waals surface area contributed by atoms with E-state index in [9.17, 15) is 4.91 Å². The highest BCUT2D eigenvalue weighted by Crippen LogP contribution is 2.36. The van der Waals surface area contributed by atoms with Crippen LogP contribution >= 0.6 is 0 Å². The van der Waals surface area contributed by atoms with Crippen molar-refractivity contribution in [1.82, 2.24) is 0 Å². The molecule has 1 saturated carbocycles. The molecule has 76 valence electrons. The third-order valence-electron chi connectivity index (χ3n) is 3.37. The zero-order chi connectivity index (χ0) is 9.57. The summed E-state index contributed by atoms with van der Waals surface area (Å²) >= 11 is 0. The van der Waals surface area contributed by atoms with Crippen LogP contribution in [0.1, 0.15) is 58.3 Å². The van der Waals surface area contributed by atoms with Crippen LogP contribution in [-0.2, 0) is 0 Å². The summed E-state index contributed by atoms with van der Waals surface area (Å²) in [7, 11) is 0. The molecule has 0 bridgehead atoms. The highest BCUT2D eigenvalue weighted by Gasteiger charge is 2.24. The van der Waals surface area contributed by atoms with E-state index in [-0.39, 0.29) is 0 Å². The van der Waals surface area contributed by atoms with Crippen LogP contribution in [0.4, 0.5) is 0 Å². The number of nitroso groups, excluding NO2 is 1. The van der Waals surface area contributed by atoms with Gasteiger partial charge in [-0.15, -0.1) is 0 Å². The number of hydrogen-bond donors (Lipinski definition) is 0. The molecule has 0 aromatic carbocycles. The molecule has 0 aromatic heterocycles. The first kappa shape index (κ1) is 10.7. The van der Waals surface area contributed by atoms with Crippen LogP contribution in [-0.4, -0.2) is 6.54 Å². The minimum Gasteiger partial charge on any atom is -0.151 e. The fourth-order valence-corrected chi connectivity index (χ4v) is 2.32. The van der Waals surface area contributed by atoms with Crippen molar-refractivity contribution in [3.63, 3.8) is 0 Å². The molecule has 0 unspecified atom stereocenters. The summed E-state index contributed by atoms with van der Waals surface area (Å²) in [4.78, 5) is 10.1. The smallest absolute Gasteiger partial charge is 0.0816 e. The summed E-state index contributed by atoms with van der Waals surface area (Å²) in [6, 6.07) is 0. The fraction of sp³-hybridized carbons (Fsp3) is 1.00.